The summed E-state index contributed by atoms with van der Waals surface area (Å²) in [5.74, 6) is 0.0624. The summed E-state index contributed by atoms with van der Waals surface area (Å²) in [7, 11) is -3.03. The fourth-order valence-electron chi connectivity index (χ4n) is 2.94. The van der Waals surface area contributed by atoms with E-state index in [1.165, 1.54) is 0 Å². The predicted octanol–water partition coefficient (Wildman–Crippen LogP) is -0.392. The molecule has 2 aliphatic rings. The van der Waals surface area contributed by atoms with Crippen LogP contribution >= 0.6 is 0 Å². The molecule has 2 heterocycles. The molecule has 2 saturated heterocycles. The monoisotopic (exact) mass is 276 g/mol. The van der Waals surface area contributed by atoms with Gasteiger partial charge in [-0.1, -0.05) is 6.92 Å². The zero-order valence-electron chi connectivity index (χ0n) is 11.0. The summed E-state index contributed by atoms with van der Waals surface area (Å²) in [6.07, 6.45) is 2.53. The van der Waals surface area contributed by atoms with Crippen LogP contribution < -0.4 is 5.32 Å². The molecule has 0 aliphatic carbocycles. The number of nitrogens with one attached hydrogen (secondary N) is 1. The maximum absolute atomic E-state index is 11.5. The smallest absolute Gasteiger partial charge is 0.154 e. The molecule has 2 unspecified atom stereocenters. The first-order valence-corrected chi connectivity index (χ1v) is 8.70. The number of aliphatic hydroxyl groups excluding tert-OH is 1. The number of nitrogens with zero attached hydrogens (tertiary/aromatic N) is 1. The first-order valence-electron chi connectivity index (χ1n) is 6.88. The molecule has 0 aromatic heterocycles. The fraction of sp³-hybridized carbons (Fsp3) is 1.00. The summed E-state index contributed by atoms with van der Waals surface area (Å²) < 4.78 is 23.0. The van der Waals surface area contributed by atoms with Crippen LogP contribution in [0.15, 0.2) is 0 Å². The van der Waals surface area contributed by atoms with Gasteiger partial charge in [-0.15, -0.1) is 0 Å². The largest absolute Gasteiger partial charge is 0.390 e. The molecule has 2 aliphatic heterocycles. The summed E-state index contributed by atoms with van der Waals surface area (Å²) in [5.41, 5.74) is 0. The average Bonchev–Trinajstić information content (AvgIpc) is 2.61. The SMILES string of the molecule is CCCNC1CCN(C2CS(=O)(=O)CC2O)CC1. The lowest BCUT2D eigenvalue weighted by atomic mass is 10.0. The van der Waals surface area contributed by atoms with E-state index in [4.69, 9.17) is 0 Å². The fourth-order valence-corrected chi connectivity index (χ4v) is 4.77. The van der Waals surface area contributed by atoms with E-state index >= 15 is 0 Å². The molecule has 2 rings (SSSR count). The molecule has 2 N–H and O–H groups in total. The Bertz CT molecular complexity index is 364. The molecule has 0 spiro atoms. The van der Waals surface area contributed by atoms with Gasteiger partial charge in [-0.2, -0.15) is 0 Å². The van der Waals surface area contributed by atoms with Crippen molar-refractivity contribution in [3.05, 3.63) is 0 Å². The van der Waals surface area contributed by atoms with Gasteiger partial charge in [0.25, 0.3) is 0 Å². The van der Waals surface area contributed by atoms with E-state index in [1.54, 1.807) is 0 Å². The van der Waals surface area contributed by atoms with Crippen molar-refractivity contribution in [2.45, 2.75) is 44.4 Å². The number of hydrogen-bond acceptors (Lipinski definition) is 5. The quantitative estimate of drug-likeness (QED) is 0.732. The van der Waals surface area contributed by atoms with E-state index in [0.717, 1.165) is 38.9 Å². The maximum atomic E-state index is 11.5. The summed E-state index contributed by atoms with van der Waals surface area (Å²) >= 11 is 0. The molecule has 0 amide bonds. The van der Waals surface area contributed by atoms with Crippen LogP contribution in [0.25, 0.3) is 0 Å². The summed E-state index contributed by atoms with van der Waals surface area (Å²) in [6.45, 7) is 4.98. The number of likely N-dealkylation sites (tertiary alicyclic amines) is 1. The van der Waals surface area contributed by atoms with E-state index in [-0.39, 0.29) is 17.5 Å². The predicted molar refractivity (Wildman–Crippen MR) is 71.3 cm³/mol. The molecule has 0 radical (unpaired) electrons. The van der Waals surface area contributed by atoms with Crippen LogP contribution in [0.4, 0.5) is 0 Å². The van der Waals surface area contributed by atoms with Crippen molar-refractivity contribution in [1.29, 1.82) is 0 Å². The Hall–Kier alpha value is -0.170. The summed E-state index contributed by atoms with van der Waals surface area (Å²) in [5, 5.41) is 13.4. The van der Waals surface area contributed by atoms with Crippen molar-refractivity contribution in [2.24, 2.45) is 0 Å². The Morgan fingerprint density at radius 2 is 1.94 bits per heavy atom. The molecule has 2 fully saturated rings. The minimum Gasteiger partial charge on any atom is -0.390 e. The van der Waals surface area contributed by atoms with Gasteiger partial charge in [0, 0.05) is 19.1 Å². The third-order valence-electron chi connectivity index (χ3n) is 3.98. The Morgan fingerprint density at radius 3 is 2.44 bits per heavy atom. The van der Waals surface area contributed by atoms with Gasteiger partial charge in [-0.3, -0.25) is 4.90 Å². The van der Waals surface area contributed by atoms with E-state index in [2.05, 4.69) is 17.1 Å². The van der Waals surface area contributed by atoms with Gasteiger partial charge >= 0.3 is 0 Å². The standard InChI is InChI=1S/C12H24N2O3S/c1-2-5-13-10-3-6-14(7-4-10)11-8-18(16,17)9-12(11)15/h10-13,15H,2-9H2,1H3. The van der Waals surface area contributed by atoms with Gasteiger partial charge in [0.2, 0.25) is 0 Å². The summed E-state index contributed by atoms with van der Waals surface area (Å²) in [6, 6.07) is 0.374. The van der Waals surface area contributed by atoms with E-state index in [0.29, 0.717) is 6.04 Å². The molecule has 5 nitrogen and oxygen atoms in total. The molecule has 2 atom stereocenters. The van der Waals surface area contributed by atoms with Crippen LogP contribution in [-0.4, -0.2) is 67.8 Å². The summed E-state index contributed by atoms with van der Waals surface area (Å²) in [4.78, 5) is 2.15. The van der Waals surface area contributed by atoms with Crippen molar-refractivity contribution in [3.8, 4) is 0 Å². The van der Waals surface area contributed by atoms with Crippen molar-refractivity contribution >= 4 is 9.84 Å². The number of aliphatic hydroxyl groups is 1. The third kappa shape index (κ3) is 3.44. The van der Waals surface area contributed by atoms with Crippen molar-refractivity contribution in [2.75, 3.05) is 31.1 Å². The van der Waals surface area contributed by atoms with Crippen LogP contribution in [0.1, 0.15) is 26.2 Å². The highest BCUT2D eigenvalue weighted by Crippen LogP contribution is 2.22. The number of sulfone groups is 1. The Balaban J connectivity index is 1.83. The Labute approximate surface area is 109 Å². The lowest BCUT2D eigenvalue weighted by Gasteiger charge is -2.36. The number of piperidine rings is 1. The Morgan fingerprint density at radius 1 is 1.28 bits per heavy atom. The molecular formula is C12H24N2O3S. The minimum atomic E-state index is -3.03. The highest BCUT2D eigenvalue weighted by Gasteiger charge is 2.40. The van der Waals surface area contributed by atoms with Crippen LogP contribution in [0, 0.1) is 0 Å². The van der Waals surface area contributed by atoms with Crippen LogP contribution in [0.5, 0.6) is 0 Å². The van der Waals surface area contributed by atoms with Gasteiger partial charge in [0.15, 0.2) is 9.84 Å². The Kier molecular flexibility index (Phi) is 4.64. The first-order chi connectivity index (χ1) is 8.52. The first kappa shape index (κ1) is 14.2. The normalized spacial score (nSPS) is 33.9. The molecule has 18 heavy (non-hydrogen) atoms. The van der Waals surface area contributed by atoms with Gasteiger partial charge in [-0.25, -0.2) is 8.42 Å². The molecule has 0 aromatic carbocycles. The topological polar surface area (TPSA) is 69.6 Å². The van der Waals surface area contributed by atoms with Crippen molar-refractivity contribution in [3.63, 3.8) is 0 Å². The van der Waals surface area contributed by atoms with Gasteiger partial charge in [-0.05, 0) is 25.8 Å². The highest BCUT2D eigenvalue weighted by molar-refractivity contribution is 7.91. The lowest BCUT2D eigenvalue weighted by Crippen LogP contribution is -2.50. The second-order valence-corrected chi connectivity index (χ2v) is 7.63. The molecule has 0 saturated carbocycles. The lowest BCUT2D eigenvalue weighted by molar-refractivity contribution is 0.0637. The zero-order chi connectivity index (χ0) is 13.2. The number of rotatable bonds is 4. The minimum absolute atomic E-state index is 0.0638. The highest BCUT2D eigenvalue weighted by atomic mass is 32.2. The molecule has 6 heteroatoms. The van der Waals surface area contributed by atoms with Gasteiger partial charge < -0.3 is 10.4 Å². The number of hydrogen-bond donors (Lipinski definition) is 2. The van der Waals surface area contributed by atoms with Crippen LogP contribution in [-0.2, 0) is 9.84 Å². The second kappa shape index (κ2) is 5.86. The van der Waals surface area contributed by atoms with E-state index in [9.17, 15) is 13.5 Å². The van der Waals surface area contributed by atoms with Crippen LogP contribution in [0.3, 0.4) is 0 Å². The van der Waals surface area contributed by atoms with Crippen LogP contribution in [0.2, 0.25) is 0 Å². The van der Waals surface area contributed by atoms with E-state index < -0.39 is 15.9 Å². The average molecular weight is 276 g/mol. The van der Waals surface area contributed by atoms with E-state index in [1.807, 2.05) is 0 Å². The molecule has 106 valence electrons. The molecule has 0 aromatic rings. The maximum Gasteiger partial charge on any atom is 0.154 e. The second-order valence-electron chi connectivity index (χ2n) is 5.48. The van der Waals surface area contributed by atoms with Crippen molar-refractivity contribution < 1.29 is 13.5 Å². The third-order valence-corrected chi connectivity index (χ3v) is 5.67. The zero-order valence-corrected chi connectivity index (χ0v) is 11.8. The molecular weight excluding hydrogens is 252 g/mol. The molecule has 0 bridgehead atoms. The van der Waals surface area contributed by atoms with Crippen molar-refractivity contribution in [1.82, 2.24) is 10.2 Å². The van der Waals surface area contributed by atoms with Gasteiger partial charge in [0.1, 0.15) is 0 Å². The van der Waals surface area contributed by atoms with Gasteiger partial charge in [0.05, 0.1) is 23.7 Å².